The minimum absolute atomic E-state index is 0.156. The number of hydrogen-bond donors (Lipinski definition) is 2. The number of anilines is 1. The zero-order chi connectivity index (χ0) is 17.3. The number of benzene rings is 1. The van der Waals surface area contributed by atoms with Gasteiger partial charge in [0.15, 0.2) is 11.4 Å². The van der Waals surface area contributed by atoms with E-state index >= 15 is 0 Å². The van der Waals surface area contributed by atoms with Crippen LogP contribution in [0, 0.1) is 18.8 Å². The number of rotatable bonds is 2. The lowest BCUT2D eigenvalue weighted by atomic mass is 10.1. The van der Waals surface area contributed by atoms with E-state index in [0.29, 0.717) is 11.4 Å². The van der Waals surface area contributed by atoms with Crippen LogP contribution < -0.4 is 5.73 Å². The van der Waals surface area contributed by atoms with E-state index in [4.69, 9.17) is 5.73 Å². The molecule has 1 atom stereocenters. The van der Waals surface area contributed by atoms with Gasteiger partial charge in [0.2, 0.25) is 5.95 Å². The molecule has 7 heteroatoms. The molecule has 0 saturated carbocycles. The highest BCUT2D eigenvalue weighted by Gasteiger charge is 2.16. The maximum atomic E-state index is 12.7. The van der Waals surface area contributed by atoms with E-state index in [1.807, 2.05) is 19.1 Å². The van der Waals surface area contributed by atoms with Gasteiger partial charge in [-0.25, -0.2) is 14.1 Å². The first-order valence-electron chi connectivity index (χ1n) is 7.29. The predicted octanol–water partition coefficient (Wildman–Crippen LogP) is 1.78. The summed E-state index contributed by atoms with van der Waals surface area (Å²) in [5, 5.41) is 15.1. The molecule has 0 aliphatic heterocycles. The summed E-state index contributed by atoms with van der Waals surface area (Å²) < 4.78 is 14.3. The molecular formula is C17H16FN5O. The van der Waals surface area contributed by atoms with Crippen LogP contribution in [-0.2, 0) is 0 Å². The van der Waals surface area contributed by atoms with Gasteiger partial charge in [0.05, 0.1) is 11.2 Å². The zero-order valence-corrected chi connectivity index (χ0v) is 13.3. The topological polar surface area (TPSA) is 89.9 Å². The first-order valence-corrected chi connectivity index (χ1v) is 7.29. The van der Waals surface area contributed by atoms with Crippen LogP contribution in [0.25, 0.3) is 16.7 Å². The highest BCUT2D eigenvalue weighted by Crippen LogP contribution is 2.22. The summed E-state index contributed by atoms with van der Waals surface area (Å²) in [5.74, 6) is 6.01. The number of nitrogens with two attached hydrogens (primary N) is 1. The van der Waals surface area contributed by atoms with E-state index in [1.54, 1.807) is 23.0 Å². The Kier molecular flexibility index (Phi) is 3.91. The van der Waals surface area contributed by atoms with Crippen LogP contribution in [0.1, 0.15) is 18.2 Å². The number of halogens is 1. The summed E-state index contributed by atoms with van der Waals surface area (Å²) in [4.78, 5) is 8.05. The van der Waals surface area contributed by atoms with Crippen molar-refractivity contribution in [2.45, 2.75) is 19.4 Å². The monoisotopic (exact) mass is 325 g/mol. The molecule has 2 heterocycles. The first kappa shape index (κ1) is 15.9. The summed E-state index contributed by atoms with van der Waals surface area (Å²) in [6.07, 6.45) is 1.56. The van der Waals surface area contributed by atoms with Crippen LogP contribution in [0.4, 0.5) is 10.3 Å². The molecule has 3 aromatic rings. The quantitative estimate of drug-likeness (QED) is 0.701. The highest BCUT2D eigenvalue weighted by atomic mass is 19.1. The third kappa shape index (κ3) is 3.05. The smallest absolute Gasteiger partial charge is 0.221 e. The summed E-state index contributed by atoms with van der Waals surface area (Å²) in [6.45, 7) is 2.29. The largest absolute Gasteiger partial charge is 0.375 e. The Morgan fingerprint density at radius 2 is 2.17 bits per heavy atom. The molecule has 24 heavy (non-hydrogen) atoms. The van der Waals surface area contributed by atoms with Crippen molar-refractivity contribution in [1.82, 2.24) is 19.7 Å². The number of nitrogen functional groups attached to an aromatic ring is 1. The number of aryl methyl sites for hydroxylation is 1. The Balaban J connectivity index is 2.13. The summed E-state index contributed by atoms with van der Waals surface area (Å²) in [7, 11) is 0. The number of aromatic nitrogens is 4. The van der Waals surface area contributed by atoms with Crippen LogP contribution >= 0.6 is 0 Å². The van der Waals surface area contributed by atoms with Gasteiger partial charge >= 0.3 is 0 Å². The van der Waals surface area contributed by atoms with Crippen molar-refractivity contribution >= 4 is 16.9 Å². The van der Waals surface area contributed by atoms with E-state index in [9.17, 15) is 9.50 Å². The molecule has 3 rings (SSSR count). The van der Waals surface area contributed by atoms with Crippen LogP contribution in [0.5, 0.6) is 0 Å². The van der Waals surface area contributed by atoms with Crippen molar-refractivity contribution in [3.8, 4) is 17.7 Å². The lowest BCUT2D eigenvalue weighted by molar-refractivity contribution is 0.0905. The van der Waals surface area contributed by atoms with Crippen molar-refractivity contribution in [2.75, 3.05) is 12.4 Å². The van der Waals surface area contributed by atoms with Gasteiger partial charge < -0.3 is 10.8 Å². The molecular weight excluding hydrogens is 309 g/mol. The zero-order valence-electron chi connectivity index (χ0n) is 13.3. The maximum Gasteiger partial charge on any atom is 0.221 e. The summed E-state index contributed by atoms with van der Waals surface area (Å²) in [5.41, 5.74) is 6.24. The van der Waals surface area contributed by atoms with Crippen LogP contribution in [0.2, 0.25) is 0 Å². The fourth-order valence-corrected chi connectivity index (χ4v) is 2.24. The molecule has 0 aliphatic carbocycles. The molecule has 2 aromatic heterocycles. The standard InChI is InChI=1S/C17H16FN5O/c1-11-13-4-3-12(5-7-17(2,24)10-18)9-14(13)23(22-11)15-6-8-20-16(19)21-15/h3-4,6,8-9,24H,10H2,1-2H3,(H2,19,20,21). The lowest BCUT2D eigenvalue weighted by Gasteiger charge is -2.09. The van der Waals surface area contributed by atoms with Crippen LogP contribution in [-0.4, -0.2) is 37.1 Å². The molecule has 0 bridgehead atoms. The Hall–Kier alpha value is -2.98. The normalized spacial score (nSPS) is 13.3. The number of alkyl halides is 1. The Bertz CT molecular complexity index is 968. The van der Waals surface area contributed by atoms with Gasteiger partial charge in [-0.3, -0.25) is 0 Å². The SMILES string of the molecule is Cc1nn(-c2ccnc(N)n2)c2cc(C#CC(C)(O)CF)ccc12. The van der Waals surface area contributed by atoms with Gasteiger partial charge in [-0.2, -0.15) is 10.1 Å². The molecule has 0 saturated heterocycles. The average molecular weight is 325 g/mol. The van der Waals surface area contributed by atoms with Gasteiger partial charge in [0.25, 0.3) is 0 Å². The van der Waals surface area contributed by atoms with Gasteiger partial charge in [-0.1, -0.05) is 11.8 Å². The number of fused-ring (bicyclic) bond motifs is 1. The molecule has 6 nitrogen and oxygen atoms in total. The average Bonchev–Trinajstić information content (AvgIpc) is 2.90. The Morgan fingerprint density at radius 1 is 1.38 bits per heavy atom. The molecule has 0 radical (unpaired) electrons. The summed E-state index contributed by atoms with van der Waals surface area (Å²) >= 11 is 0. The molecule has 1 unspecified atom stereocenters. The minimum Gasteiger partial charge on any atom is -0.375 e. The molecule has 0 aliphatic rings. The fraction of sp³-hybridized carbons (Fsp3) is 0.235. The second-order valence-electron chi connectivity index (χ2n) is 5.66. The summed E-state index contributed by atoms with van der Waals surface area (Å²) in [6, 6.07) is 7.20. The molecule has 1 aromatic carbocycles. The highest BCUT2D eigenvalue weighted by molar-refractivity contribution is 5.84. The van der Waals surface area contributed by atoms with Crippen molar-refractivity contribution < 1.29 is 9.50 Å². The van der Waals surface area contributed by atoms with E-state index in [-0.39, 0.29) is 5.95 Å². The van der Waals surface area contributed by atoms with Crippen molar-refractivity contribution in [3.05, 3.63) is 41.7 Å². The molecule has 0 fully saturated rings. The lowest BCUT2D eigenvalue weighted by Crippen LogP contribution is -2.23. The first-order chi connectivity index (χ1) is 11.4. The van der Waals surface area contributed by atoms with E-state index in [1.165, 1.54) is 6.92 Å². The predicted molar refractivity (Wildman–Crippen MR) is 89.3 cm³/mol. The van der Waals surface area contributed by atoms with Gasteiger partial charge in [0.1, 0.15) is 6.67 Å². The molecule has 122 valence electrons. The fourth-order valence-electron chi connectivity index (χ4n) is 2.24. The van der Waals surface area contributed by atoms with E-state index in [0.717, 1.165) is 16.6 Å². The second-order valence-corrected chi connectivity index (χ2v) is 5.66. The third-order valence-electron chi connectivity index (χ3n) is 3.48. The van der Waals surface area contributed by atoms with E-state index in [2.05, 4.69) is 26.9 Å². The van der Waals surface area contributed by atoms with Gasteiger partial charge in [0, 0.05) is 23.2 Å². The van der Waals surface area contributed by atoms with Gasteiger partial charge in [-0.15, -0.1) is 0 Å². The van der Waals surface area contributed by atoms with Gasteiger partial charge in [-0.05, 0) is 32.0 Å². The Morgan fingerprint density at radius 3 is 2.88 bits per heavy atom. The van der Waals surface area contributed by atoms with Crippen molar-refractivity contribution in [1.29, 1.82) is 0 Å². The maximum absolute atomic E-state index is 12.7. The van der Waals surface area contributed by atoms with Crippen molar-refractivity contribution in [2.24, 2.45) is 0 Å². The van der Waals surface area contributed by atoms with Crippen molar-refractivity contribution in [3.63, 3.8) is 0 Å². The van der Waals surface area contributed by atoms with Crippen LogP contribution in [0.3, 0.4) is 0 Å². The minimum atomic E-state index is -1.66. The third-order valence-corrected chi connectivity index (χ3v) is 3.48. The molecule has 0 amide bonds. The molecule has 0 spiro atoms. The molecule has 3 N–H and O–H groups in total. The number of hydrogen-bond acceptors (Lipinski definition) is 5. The second kappa shape index (κ2) is 5.91. The van der Waals surface area contributed by atoms with E-state index < -0.39 is 12.3 Å². The number of nitrogens with zero attached hydrogens (tertiary/aromatic N) is 4. The number of aliphatic hydroxyl groups is 1. The Labute approximate surface area is 138 Å². The van der Waals surface area contributed by atoms with Crippen LogP contribution in [0.15, 0.2) is 30.5 Å².